The molecule has 27 rings (SSSR count). The molecule has 2 radical (unpaired) electrons. The largest absolute Gasteiger partial charge is 0.512 e. The van der Waals surface area contributed by atoms with Crippen LogP contribution in [0.3, 0.4) is 0 Å². The van der Waals surface area contributed by atoms with E-state index in [9.17, 15) is 9.59 Å². The summed E-state index contributed by atoms with van der Waals surface area (Å²) in [5.74, 6) is 4.03. The first-order valence-corrected chi connectivity index (χ1v) is 48.3. The van der Waals surface area contributed by atoms with Gasteiger partial charge in [0.25, 0.3) is 0 Å². The van der Waals surface area contributed by atoms with Crippen LogP contribution in [0.5, 0.6) is 0 Å². The molecule has 4 atom stereocenters. The molecule has 6 aromatic heterocycles. The zero-order valence-electron chi connectivity index (χ0n) is 80.4. The number of rotatable bonds is 10. The van der Waals surface area contributed by atoms with Gasteiger partial charge in [0, 0.05) is 147 Å². The maximum atomic E-state index is 10.0. The number of allylic oxidation sites excluding steroid dienone is 4. The van der Waals surface area contributed by atoms with Crippen molar-refractivity contribution < 1.29 is 111 Å². The van der Waals surface area contributed by atoms with Crippen LogP contribution in [0.15, 0.2) is 358 Å². The van der Waals surface area contributed by atoms with Gasteiger partial charge in [-0.15, -0.1) is 136 Å². The molecule has 8 heterocycles. The third-order valence-electron chi connectivity index (χ3n) is 27.8. The number of ketones is 2. The maximum absolute atomic E-state index is 10.0. The van der Waals surface area contributed by atoms with Gasteiger partial charge in [-0.1, -0.05) is 142 Å². The Kier molecular flexibility index (Phi) is 34.9. The summed E-state index contributed by atoms with van der Waals surface area (Å²) in [5.41, 5.74) is 34.7. The van der Waals surface area contributed by atoms with Crippen LogP contribution >= 0.6 is 0 Å². The first-order valence-electron chi connectivity index (χ1n) is 48.3. The molecule has 9 aliphatic rings. The SMILES string of the molecule is CC(=O)C=C(C)O.CC(=O)C=C(C)O.CC1(C)C2Cc3cc(-c4[c-]cc5c(c4)CCCC5)ncc3C1C2.[Ir].[Ir].[Pt].[Pt].[c-]1ccc2ccccc2c1-n1nc2ccccc2n1.[c-]1ccccc1-c1[c-]c(N(c2ccccc2)c2cccc(-c3[c-]cccc3)n2)ccc1.[c-]1ccccc1-c1nccc2ccccc12.c1c2c(cc3c1C[n+]1cc4c(cc1-3)C1CCC4C1)CCCC2.c1ccc2c(c1)C[n+]1ccccc1-2. The number of para-hydroxylation sites is 1. The zero-order chi connectivity index (χ0) is 94.6. The molecule has 17 heteroatoms. The van der Waals surface area contributed by atoms with Gasteiger partial charge in [0.2, 0.25) is 11.4 Å². The molecular weight excluding hydrogens is 2470 g/mol. The number of benzene rings is 12. The minimum absolute atomic E-state index is 0. The predicted octanol–water partition coefficient (Wildman–Crippen LogP) is 27.8. The number of nitrogens with zero attached hydrogens (tertiary/aromatic N) is 9. The zero-order valence-corrected chi connectivity index (χ0v) is 89.7. The molecule has 0 amide bonds. The molecule has 2 saturated carbocycles. The van der Waals surface area contributed by atoms with Crippen LogP contribution in [-0.4, -0.2) is 51.7 Å². The Morgan fingerprint density at radius 3 is 1.73 bits per heavy atom. The Morgan fingerprint density at radius 1 is 0.458 bits per heavy atom. The van der Waals surface area contributed by atoms with Gasteiger partial charge in [0.05, 0.1) is 22.6 Å². The van der Waals surface area contributed by atoms with Gasteiger partial charge in [-0.05, 0) is 249 Å². The second kappa shape index (κ2) is 47.9. The number of anilines is 3. The Labute approximate surface area is 889 Å². The van der Waals surface area contributed by atoms with E-state index < -0.39 is 0 Å². The van der Waals surface area contributed by atoms with Crippen molar-refractivity contribution >= 4 is 61.3 Å². The summed E-state index contributed by atoms with van der Waals surface area (Å²) in [6.07, 6.45) is 28.3. The topological polar surface area (TPSA) is 155 Å². The standard InChI is InChI=1S/C29H19N2.C22H24N.C21H22N.C16H10N3.C15H10N.C12H10N.2C5H8O2.2Ir.2Pt/c1-4-12-23(13-5-1)25-16-10-19-27(22-25)31(26-17-8-3-9-18-26)29-21-11-20-28(30-29)24-14-6-2-7-15-24;1-22(2)18-10-17-11-21(23-13-19(17)20(22)12-18)16-8-7-14-5-3-4-6-15(14)9-16;1-2-4-14-9-19-17(7-13(14)3-1)11-22-12-20-16-6-5-15(8-16)18(20)10-21(19)22;1-2-8-13-12(6-1)7-5-11-16(13)19-17-14-9-3-4-10-15(14)18-19;1-2-7-13(8-3-1)15-14-9-5-4-6-12(14)10-11-16-15;1-2-6-11-10(5-1)9-13-8-4-3-7-12(11)13;2*1-4(6)3-5(2)7;;;;/h1-12,14,16-21H;7,9,11,13,18,20H,3-6,10,12H2,1-2H3;7,9-10,12,15-16H,1-6,8,11H2;1-10H;1-7,9-11H;1-8H,9H2;2*3,6H,1-2H3;;;;/q-3;-1;+1;2*-1;+1;;;;;;. The van der Waals surface area contributed by atoms with E-state index in [0.717, 1.165) is 121 Å². The van der Waals surface area contributed by atoms with Crippen LogP contribution in [0.25, 0.3) is 106 Å². The first kappa shape index (κ1) is 104. The van der Waals surface area contributed by atoms with Crippen molar-refractivity contribution in [1.29, 1.82) is 0 Å². The summed E-state index contributed by atoms with van der Waals surface area (Å²) >= 11 is 0. The minimum atomic E-state index is -0.125. The molecule has 2 N–H and O–H groups in total. The summed E-state index contributed by atoms with van der Waals surface area (Å²) in [5, 5.41) is 30.4. The third kappa shape index (κ3) is 23.9. The number of aromatic nitrogens is 8. The fourth-order valence-corrected chi connectivity index (χ4v) is 20.9. The quantitative estimate of drug-likeness (QED) is 0.0585. The van der Waals surface area contributed by atoms with E-state index in [1.165, 1.54) is 184 Å². The molecule has 4 unspecified atom stereocenters. The molecule has 722 valence electrons. The second-order valence-corrected chi connectivity index (χ2v) is 37.5. The number of aliphatic hydroxyl groups is 2. The molecule has 12 aromatic carbocycles. The number of carbonyl (C=O) groups excluding carboxylic acids is 2. The summed E-state index contributed by atoms with van der Waals surface area (Å²) in [4.78, 5) is 38.1. The van der Waals surface area contributed by atoms with E-state index in [2.05, 4.69) is 225 Å². The Bertz CT molecular complexity index is 7340. The van der Waals surface area contributed by atoms with E-state index in [0.29, 0.717) is 5.41 Å². The number of hydrogen-bond acceptors (Lipinski definition) is 10. The van der Waals surface area contributed by atoms with Gasteiger partial charge in [-0.2, -0.15) is 84.8 Å². The van der Waals surface area contributed by atoms with Gasteiger partial charge >= 0.3 is 0 Å². The van der Waals surface area contributed by atoms with Crippen LogP contribution in [0.1, 0.15) is 166 Å². The smallest absolute Gasteiger partial charge is 0.213 e. The van der Waals surface area contributed by atoms with Crippen molar-refractivity contribution in [3.05, 3.63) is 450 Å². The Morgan fingerprint density at radius 2 is 1.05 bits per heavy atom. The number of fused-ring (bicyclic) bond motifs is 16. The summed E-state index contributed by atoms with van der Waals surface area (Å²) in [7, 11) is 0. The Balaban J connectivity index is 0.000000126. The molecule has 0 spiro atoms. The summed E-state index contributed by atoms with van der Waals surface area (Å²) in [6, 6.07) is 126. The molecule has 4 bridgehead atoms. The predicted molar refractivity (Wildman–Crippen MR) is 553 cm³/mol. The molecule has 13 nitrogen and oxygen atoms in total. The van der Waals surface area contributed by atoms with Crippen LogP contribution in [0, 0.1) is 47.7 Å². The third-order valence-corrected chi connectivity index (χ3v) is 27.8. The van der Waals surface area contributed by atoms with Gasteiger partial charge in [0.1, 0.15) is 16.9 Å². The number of pyridine rings is 5. The van der Waals surface area contributed by atoms with Crippen molar-refractivity contribution in [2.75, 3.05) is 4.90 Å². The van der Waals surface area contributed by atoms with Crippen LogP contribution in [-0.2, 0) is 137 Å². The molecule has 142 heavy (non-hydrogen) atoms. The molecule has 2 fully saturated rings. The molecular formula is C125H111Ir2N9O4Pt2-4. The number of aliphatic hydroxyl groups excluding tert-OH is 2. The molecule has 18 aromatic rings. The minimum Gasteiger partial charge on any atom is -0.512 e. The van der Waals surface area contributed by atoms with E-state index in [4.69, 9.17) is 20.2 Å². The fraction of sp³-hybridized carbons (Fsp3) is 0.208. The van der Waals surface area contributed by atoms with Gasteiger partial charge in [-0.3, -0.25) is 14.6 Å². The van der Waals surface area contributed by atoms with E-state index in [-0.39, 0.29) is 105 Å². The normalized spacial score (nSPS) is 15.7. The van der Waals surface area contributed by atoms with Gasteiger partial charge in [-0.25, -0.2) is 11.1 Å². The summed E-state index contributed by atoms with van der Waals surface area (Å²) < 4.78 is 4.82. The second-order valence-electron chi connectivity index (χ2n) is 37.5. The van der Waals surface area contributed by atoms with Crippen molar-refractivity contribution in [2.45, 2.75) is 156 Å². The van der Waals surface area contributed by atoms with Crippen molar-refractivity contribution in [2.24, 2.45) is 11.3 Å². The van der Waals surface area contributed by atoms with E-state index >= 15 is 0 Å². The van der Waals surface area contributed by atoms with Gasteiger partial charge in [0.15, 0.2) is 37.0 Å². The first-order chi connectivity index (χ1) is 67.4. The summed E-state index contributed by atoms with van der Waals surface area (Å²) in [6.45, 7) is 12.7. The monoisotopic (exact) mass is 2580 g/mol. The average molecular weight is 2580 g/mol. The molecule has 7 aliphatic carbocycles. The Hall–Kier alpha value is -12.8. The van der Waals surface area contributed by atoms with Gasteiger partial charge < -0.3 is 25.1 Å². The van der Waals surface area contributed by atoms with Crippen molar-refractivity contribution in [1.82, 2.24) is 29.9 Å². The molecule has 0 saturated heterocycles. The number of hydrogen-bond donors (Lipinski definition) is 2. The van der Waals surface area contributed by atoms with E-state index in [1.54, 1.807) is 38.2 Å². The van der Waals surface area contributed by atoms with Crippen LogP contribution < -0.4 is 14.0 Å². The van der Waals surface area contributed by atoms with E-state index in [1.807, 2.05) is 188 Å². The number of aryl methyl sites for hydroxylation is 4. The van der Waals surface area contributed by atoms with Crippen molar-refractivity contribution in [3.63, 3.8) is 0 Å². The molecule has 2 aliphatic heterocycles. The van der Waals surface area contributed by atoms with Crippen molar-refractivity contribution in [3.8, 4) is 73.1 Å². The van der Waals surface area contributed by atoms with Crippen LogP contribution in [0.4, 0.5) is 17.2 Å². The maximum Gasteiger partial charge on any atom is 0.213 e. The number of carbonyl (C=O) groups is 2. The van der Waals surface area contributed by atoms with Crippen LogP contribution in [0.2, 0.25) is 0 Å². The average Bonchev–Trinajstić information content (AvgIpc) is 1.07. The fourth-order valence-electron chi connectivity index (χ4n) is 20.9.